The summed E-state index contributed by atoms with van der Waals surface area (Å²) < 4.78 is 0. The number of amides is 1. The maximum absolute atomic E-state index is 11.6. The number of fused-ring (bicyclic) bond motifs is 1. The minimum absolute atomic E-state index is 0.0958. The Labute approximate surface area is 101 Å². The van der Waals surface area contributed by atoms with Crippen LogP contribution in [-0.2, 0) is 11.2 Å². The molecule has 0 unspecified atom stereocenters. The van der Waals surface area contributed by atoms with E-state index in [0.717, 1.165) is 29.7 Å². The quantitative estimate of drug-likeness (QED) is 0.833. The summed E-state index contributed by atoms with van der Waals surface area (Å²) in [4.78, 5) is 14.9. The van der Waals surface area contributed by atoms with Gasteiger partial charge in [0.1, 0.15) is 0 Å². The molecule has 0 aliphatic carbocycles. The molecule has 0 aliphatic heterocycles. The third-order valence-corrected chi connectivity index (χ3v) is 2.76. The lowest BCUT2D eigenvalue weighted by Gasteiger charge is -2.03. The van der Waals surface area contributed by atoms with Crippen molar-refractivity contribution in [1.29, 1.82) is 0 Å². The number of H-pyrrole nitrogens is 1. The van der Waals surface area contributed by atoms with E-state index in [-0.39, 0.29) is 5.91 Å². The highest BCUT2D eigenvalue weighted by molar-refractivity contribution is 5.84. The number of aromatic nitrogens is 1. The molecule has 0 spiro atoms. The van der Waals surface area contributed by atoms with Crippen molar-refractivity contribution >= 4 is 16.8 Å². The number of benzene rings is 1. The molecule has 0 atom stereocenters. The minimum Gasteiger partial charge on any atom is -0.359 e. The van der Waals surface area contributed by atoms with Gasteiger partial charge in [-0.15, -0.1) is 0 Å². The predicted molar refractivity (Wildman–Crippen MR) is 70.0 cm³/mol. The third kappa shape index (κ3) is 2.87. The van der Waals surface area contributed by atoms with E-state index in [0.29, 0.717) is 6.42 Å². The van der Waals surface area contributed by atoms with Crippen LogP contribution >= 0.6 is 0 Å². The van der Waals surface area contributed by atoms with Crippen LogP contribution in [0.2, 0.25) is 0 Å². The summed E-state index contributed by atoms with van der Waals surface area (Å²) in [6, 6.07) is 8.21. The van der Waals surface area contributed by atoms with Gasteiger partial charge in [0.25, 0.3) is 0 Å². The summed E-state index contributed by atoms with van der Waals surface area (Å²) in [5.74, 6) is 0.0958. The summed E-state index contributed by atoms with van der Waals surface area (Å²) in [5, 5.41) is 4.06. The first-order chi connectivity index (χ1) is 8.19. The molecule has 17 heavy (non-hydrogen) atoms. The van der Waals surface area contributed by atoms with E-state index in [1.165, 1.54) is 5.39 Å². The van der Waals surface area contributed by atoms with Crippen LogP contribution in [0.1, 0.15) is 24.6 Å². The molecule has 1 heterocycles. The van der Waals surface area contributed by atoms with E-state index >= 15 is 0 Å². The Bertz CT molecular complexity index is 528. The molecule has 1 aromatic heterocycles. The zero-order valence-electron chi connectivity index (χ0n) is 10.3. The monoisotopic (exact) mass is 230 g/mol. The fourth-order valence-corrected chi connectivity index (χ4v) is 1.95. The van der Waals surface area contributed by atoms with E-state index in [2.05, 4.69) is 29.4 Å². The van der Waals surface area contributed by atoms with Crippen LogP contribution in [0.3, 0.4) is 0 Å². The molecule has 0 saturated heterocycles. The molecule has 1 aromatic carbocycles. The average Bonchev–Trinajstić information content (AvgIpc) is 2.65. The van der Waals surface area contributed by atoms with Crippen molar-refractivity contribution in [2.24, 2.45) is 0 Å². The van der Waals surface area contributed by atoms with Crippen molar-refractivity contribution in [1.82, 2.24) is 10.3 Å². The van der Waals surface area contributed by atoms with Crippen LogP contribution in [0, 0.1) is 6.92 Å². The summed E-state index contributed by atoms with van der Waals surface area (Å²) in [7, 11) is 0. The maximum Gasteiger partial charge on any atom is 0.224 e. The van der Waals surface area contributed by atoms with E-state index < -0.39 is 0 Å². The Morgan fingerprint density at radius 3 is 2.94 bits per heavy atom. The Kier molecular flexibility index (Phi) is 3.47. The van der Waals surface area contributed by atoms with Crippen LogP contribution in [0.25, 0.3) is 10.9 Å². The summed E-state index contributed by atoms with van der Waals surface area (Å²) in [6.45, 7) is 4.84. The number of carbonyl (C=O) groups excluding carboxylic acids is 1. The largest absolute Gasteiger partial charge is 0.359 e. The van der Waals surface area contributed by atoms with Crippen molar-refractivity contribution in [3.8, 4) is 0 Å². The summed E-state index contributed by atoms with van der Waals surface area (Å²) in [6.07, 6.45) is 1.43. The highest BCUT2D eigenvalue weighted by Gasteiger charge is 2.04. The summed E-state index contributed by atoms with van der Waals surface area (Å²) >= 11 is 0. The van der Waals surface area contributed by atoms with Crippen molar-refractivity contribution in [2.75, 3.05) is 6.54 Å². The first kappa shape index (κ1) is 11.7. The normalized spacial score (nSPS) is 10.7. The van der Waals surface area contributed by atoms with Crippen molar-refractivity contribution in [3.05, 3.63) is 35.5 Å². The lowest BCUT2D eigenvalue weighted by atomic mass is 10.1. The van der Waals surface area contributed by atoms with Crippen LogP contribution < -0.4 is 5.32 Å². The van der Waals surface area contributed by atoms with E-state index in [9.17, 15) is 4.79 Å². The molecule has 2 N–H and O–H groups in total. The molecular formula is C14H18N2O. The molecule has 2 rings (SSSR count). The van der Waals surface area contributed by atoms with Gasteiger partial charge in [0.2, 0.25) is 5.91 Å². The average molecular weight is 230 g/mol. The standard InChI is InChI=1S/C14H18N2O/c1-3-6-15-14(17)9-11-4-5-13-12(8-11)7-10(2)16-13/h4-5,7-8,16H,3,6,9H2,1-2H3,(H,15,17). The molecule has 2 aromatic rings. The lowest BCUT2D eigenvalue weighted by molar-refractivity contribution is -0.120. The van der Waals surface area contributed by atoms with Crippen molar-refractivity contribution in [2.45, 2.75) is 26.7 Å². The van der Waals surface area contributed by atoms with Gasteiger partial charge in [-0.3, -0.25) is 4.79 Å². The van der Waals surface area contributed by atoms with Gasteiger partial charge in [-0.2, -0.15) is 0 Å². The predicted octanol–water partition coefficient (Wildman–Crippen LogP) is 2.55. The SMILES string of the molecule is CCCNC(=O)Cc1ccc2[nH]c(C)cc2c1. The molecule has 0 saturated carbocycles. The van der Waals surface area contributed by atoms with Gasteiger partial charge < -0.3 is 10.3 Å². The highest BCUT2D eigenvalue weighted by Crippen LogP contribution is 2.17. The van der Waals surface area contributed by atoms with Crippen LogP contribution in [0.5, 0.6) is 0 Å². The van der Waals surface area contributed by atoms with Gasteiger partial charge in [0.05, 0.1) is 6.42 Å². The maximum atomic E-state index is 11.6. The molecule has 90 valence electrons. The fourth-order valence-electron chi connectivity index (χ4n) is 1.95. The van der Waals surface area contributed by atoms with Crippen LogP contribution in [-0.4, -0.2) is 17.4 Å². The number of rotatable bonds is 4. The number of hydrogen-bond acceptors (Lipinski definition) is 1. The number of aryl methyl sites for hydroxylation is 1. The highest BCUT2D eigenvalue weighted by atomic mass is 16.1. The second kappa shape index (κ2) is 5.04. The molecule has 0 fully saturated rings. The third-order valence-electron chi connectivity index (χ3n) is 2.76. The number of nitrogens with one attached hydrogen (secondary N) is 2. The Morgan fingerprint density at radius 1 is 1.35 bits per heavy atom. The lowest BCUT2D eigenvalue weighted by Crippen LogP contribution is -2.25. The Morgan fingerprint density at radius 2 is 2.18 bits per heavy atom. The first-order valence-electron chi connectivity index (χ1n) is 6.04. The fraction of sp³-hybridized carbons (Fsp3) is 0.357. The molecule has 0 bridgehead atoms. The number of carbonyl (C=O) groups is 1. The van der Waals surface area contributed by atoms with Gasteiger partial charge in [0.15, 0.2) is 0 Å². The second-order valence-corrected chi connectivity index (χ2v) is 4.40. The number of hydrogen-bond donors (Lipinski definition) is 2. The van der Waals surface area contributed by atoms with Crippen molar-refractivity contribution < 1.29 is 4.79 Å². The summed E-state index contributed by atoms with van der Waals surface area (Å²) in [5.41, 5.74) is 3.33. The molecule has 3 heteroatoms. The Hall–Kier alpha value is -1.77. The van der Waals surface area contributed by atoms with Crippen molar-refractivity contribution in [3.63, 3.8) is 0 Å². The first-order valence-corrected chi connectivity index (χ1v) is 6.04. The van der Waals surface area contributed by atoms with Gasteiger partial charge in [-0.05, 0) is 42.5 Å². The van der Waals surface area contributed by atoms with Crippen LogP contribution in [0.4, 0.5) is 0 Å². The Balaban J connectivity index is 2.10. The molecule has 1 amide bonds. The molecular weight excluding hydrogens is 212 g/mol. The van der Waals surface area contributed by atoms with Crippen LogP contribution in [0.15, 0.2) is 24.3 Å². The zero-order valence-corrected chi connectivity index (χ0v) is 10.3. The second-order valence-electron chi connectivity index (χ2n) is 4.40. The van der Waals surface area contributed by atoms with E-state index in [1.807, 2.05) is 19.1 Å². The zero-order chi connectivity index (χ0) is 12.3. The molecule has 0 aliphatic rings. The topological polar surface area (TPSA) is 44.9 Å². The van der Waals surface area contributed by atoms with Gasteiger partial charge in [-0.25, -0.2) is 0 Å². The van der Waals surface area contributed by atoms with Gasteiger partial charge >= 0.3 is 0 Å². The van der Waals surface area contributed by atoms with E-state index in [1.54, 1.807) is 0 Å². The minimum atomic E-state index is 0.0958. The number of aromatic amines is 1. The molecule has 0 radical (unpaired) electrons. The smallest absolute Gasteiger partial charge is 0.224 e. The van der Waals surface area contributed by atoms with E-state index in [4.69, 9.17) is 0 Å². The van der Waals surface area contributed by atoms with Gasteiger partial charge in [0, 0.05) is 17.8 Å². The van der Waals surface area contributed by atoms with Gasteiger partial charge in [-0.1, -0.05) is 13.0 Å². The molecule has 3 nitrogen and oxygen atoms in total.